The lowest BCUT2D eigenvalue weighted by Gasteiger charge is -2.11. The minimum Gasteiger partial charge on any atom is -0.309 e. The molecule has 2 rings (SSSR count). The van der Waals surface area contributed by atoms with Gasteiger partial charge in [0, 0.05) is 22.7 Å². The van der Waals surface area contributed by atoms with E-state index in [0.29, 0.717) is 6.04 Å². The molecule has 16 heavy (non-hydrogen) atoms. The van der Waals surface area contributed by atoms with Crippen LogP contribution in [0.1, 0.15) is 29.0 Å². The summed E-state index contributed by atoms with van der Waals surface area (Å²) >= 11 is 3.58. The van der Waals surface area contributed by atoms with Gasteiger partial charge < -0.3 is 5.32 Å². The number of hydrogen-bond acceptors (Lipinski definition) is 4. The van der Waals surface area contributed by atoms with Crippen LogP contribution in [0.5, 0.6) is 0 Å². The third kappa shape index (κ3) is 3.00. The summed E-state index contributed by atoms with van der Waals surface area (Å²) in [7, 11) is 0. The maximum Gasteiger partial charge on any atom is 0.110 e. The minimum atomic E-state index is 0.671. The summed E-state index contributed by atoms with van der Waals surface area (Å²) in [4.78, 5) is 2.08. The van der Waals surface area contributed by atoms with E-state index in [1.54, 1.807) is 11.3 Å². The smallest absolute Gasteiger partial charge is 0.110 e. The van der Waals surface area contributed by atoms with Crippen molar-refractivity contribution < 1.29 is 0 Å². The van der Waals surface area contributed by atoms with Crippen LogP contribution < -0.4 is 5.32 Å². The van der Waals surface area contributed by atoms with Gasteiger partial charge in [-0.25, -0.2) is 0 Å². The molecule has 2 atom stereocenters. The highest BCUT2D eigenvalue weighted by molar-refractivity contribution is 7.99. The van der Waals surface area contributed by atoms with Crippen molar-refractivity contribution in [3.05, 3.63) is 21.9 Å². The predicted molar refractivity (Wildman–Crippen MR) is 70.8 cm³/mol. The Labute approximate surface area is 105 Å². The summed E-state index contributed by atoms with van der Waals surface area (Å²) in [6.07, 6.45) is 6.12. The van der Waals surface area contributed by atoms with Crippen LogP contribution in [0.25, 0.3) is 0 Å². The molecular formula is C12H16N2S2. The molecular weight excluding hydrogens is 236 g/mol. The van der Waals surface area contributed by atoms with E-state index in [2.05, 4.69) is 23.7 Å². The normalized spacial score (nSPS) is 24.5. The quantitative estimate of drug-likeness (QED) is 0.895. The first-order chi connectivity index (χ1) is 7.81. The van der Waals surface area contributed by atoms with Gasteiger partial charge in [-0.1, -0.05) is 0 Å². The van der Waals surface area contributed by atoms with E-state index in [1.807, 2.05) is 17.8 Å². The van der Waals surface area contributed by atoms with Gasteiger partial charge in [0.25, 0.3) is 0 Å². The highest BCUT2D eigenvalue weighted by atomic mass is 32.2. The molecule has 0 amide bonds. The second-order valence-electron chi connectivity index (χ2n) is 4.13. The van der Waals surface area contributed by atoms with E-state index in [4.69, 9.17) is 5.26 Å². The van der Waals surface area contributed by atoms with E-state index in [1.165, 1.54) is 24.1 Å². The van der Waals surface area contributed by atoms with Crippen molar-refractivity contribution in [1.29, 1.82) is 5.26 Å². The number of rotatable bonds is 4. The molecule has 1 saturated carbocycles. The van der Waals surface area contributed by atoms with E-state index in [-0.39, 0.29) is 0 Å². The van der Waals surface area contributed by atoms with Crippen molar-refractivity contribution in [1.82, 2.24) is 5.32 Å². The lowest BCUT2D eigenvalue weighted by Crippen LogP contribution is -2.25. The van der Waals surface area contributed by atoms with Gasteiger partial charge in [0.2, 0.25) is 0 Å². The summed E-state index contributed by atoms with van der Waals surface area (Å²) in [6.45, 7) is 0.915. The van der Waals surface area contributed by atoms with Gasteiger partial charge in [-0.05, 0) is 37.7 Å². The Kier molecular flexibility index (Phi) is 4.28. The number of hydrogen-bond donors (Lipinski definition) is 1. The average molecular weight is 252 g/mol. The summed E-state index contributed by atoms with van der Waals surface area (Å²) in [5, 5.41) is 13.2. The molecule has 1 N–H and O–H groups in total. The van der Waals surface area contributed by atoms with Crippen molar-refractivity contribution in [3.63, 3.8) is 0 Å². The second-order valence-corrected chi connectivity index (χ2v) is 6.43. The molecule has 1 fully saturated rings. The fraction of sp³-hybridized carbons (Fsp3) is 0.583. The number of nitrogens with one attached hydrogen (secondary N) is 1. The van der Waals surface area contributed by atoms with Crippen LogP contribution in [0.3, 0.4) is 0 Å². The molecule has 4 heteroatoms. The third-order valence-corrected chi connectivity index (χ3v) is 5.14. The Bertz CT molecular complexity index is 381. The minimum absolute atomic E-state index is 0.671. The Balaban J connectivity index is 1.78. The molecule has 1 aliphatic carbocycles. The van der Waals surface area contributed by atoms with E-state index in [0.717, 1.165) is 16.7 Å². The van der Waals surface area contributed by atoms with Crippen molar-refractivity contribution in [2.24, 2.45) is 0 Å². The fourth-order valence-corrected chi connectivity index (χ4v) is 3.67. The molecule has 0 spiro atoms. The van der Waals surface area contributed by atoms with Gasteiger partial charge in [0.15, 0.2) is 0 Å². The lowest BCUT2D eigenvalue weighted by atomic mass is 10.2. The molecule has 2 nitrogen and oxygen atoms in total. The molecule has 2 unspecified atom stereocenters. The maximum atomic E-state index is 8.73. The molecule has 86 valence electrons. The molecule has 1 aromatic rings. The Hall–Kier alpha value is -0.500. The molecule has 1 aromatic heterocycles. The van der Waals surface area contributed by atoms with Gasteiger partial charge in [-0.3, -0.25) is 0 Å². The van der Waals surface area contributed by atoms with E-state index in [9.17, 15) is 0 Å². The predicted octanol–water partition coefficient (Wildman–Crippen LogP) is 2.99. The molecule has 0 aromatic carbocycles. The summed E-state index contributed by atoms with van der Waals surface area (Å²) in [5.74, 6) is 0. The van der Waals surface area contributed by atoms with Gasteiger partial charge in [0.1, 0.15) is 10.9 Å². The van der Waals surface area contributed by atoms with Crippen LogP contribution in [-0.2, 0) is 6.54 Å². The lowest BCUT2D eigenvalue weighted by molar-refractivity contribution is 0.528. The molecule has 0 bridgehead atoms. The van der Waals surface area contributed by atoms with Crippen molar-refractivity contribution in [2.45, 2.75) is 37.1 Å². The monoisotopic (exact) mass is 252 g/mol. The van der Waals surface area contributed by atoms with E-state index >= 15 is 0 Å². The van der Waals surface area contributed by atoms with Crippen LogP contribution >= 0.6 is 23.1 Å². The zero-order valence-corrected chi connectivity index (χ0v) is 11.0. The highest BCUT2D eigenvalue weighted by Gasteiger charge is 2.23. The Morgan fingerprint density at radius 1 is 1.56 bits per heavy atom. The van der Waals surface area contributed by atoms with Crippen LogP contribution in [0, 0.1) is 11.3 Å². The van der Waals surface area contributed by atoms with Crippen LogP contribution in [0.2, 0.25) is 0 Å². The zero-order chi connectivity index (χ0) is 11.4. The van der Waals surface area contributed by atoms with Gasteiger partial charge >= 0.3 is 0 Å². The first-order valence-corrected chi connectivity index (χ1v) is 7.67. The number of nitrogens with zero attached hydrogens (tertiary/aromatic N) is 1. The Morgan fingerprint density at radius 2 is 2.44 bits per heavy atom. The standard InChI is InChI=1S/C12H16N2S2/c1-15-10-3-2-9(6-10)14-8-12-5-4-11(7-13)16-12/h4-5,9-10,14H,2-3,6,8H2,1H3. The second kappa shape index (κ2) is 5.72. The zero-order valence-electron chi connectivity index (χ0n) is 9.40. The summed E-state index contributed by atoms with van der Waals surface area (Å²) < 4.78 is 0. The molecule has 1 heterocycles. The SMILES string of the molecule is CSC1CCC(NCc2ccc(C#N)s2)C1. The van der Waals surface area contributed by atoms with Crippen LogP contribution in [0.15, 0.2) is 12.1 Å². The van der Waals surface area contributed by atoms with Crippen molar-refractivity contribution in [3.8, 4) is 6.07 Å². The molecule has 1 aliphatic rings. The topological polar surface area (TPSA) is 35.8 Å². The molecule has 0 radical (unpaired) electrons. The number of thioether (sulfide) groups is 1. The Morgan fingerprint density at radius 3 is 3.06 bits per heavy atom. The molecule has 0 saturated heterocycles. The van der Waals surface area contributed by atoms with Crippen LogP contribution in [-0.4, -0.2) is 17.5 Å². The fourth-order valence-electron chi connectivity index (χ4n) is 2.12. The van der Waals surface area contributed by atoms with Gasteiger partial charge in [0.05, 0.1) is 0 Å². The van der Waals surface area contributed by atoms with Crippen molar-refractivity contribution >= 4 is 23.1 Å². The van der Waals surface area contributed by atoms with Crippen molar-refractivity contribution in [2.75, 3.05) is 6.26 Å². The summed E-state index contributed by atoms with van der Waals surface area (Å²) in [6, 6.07) is 6.81. The maximum absolute atomic E-state index is 8.73. The van der Waals surface area contributed by atoms with Gasteiger partial charge in [-0.2, -0.15) is 17.0 Å². The molecule has 0 aliphatic heterocycles. The first-order valence-electron chi connectivity index (χ1n) is 5.57. The van der Waals surface area contributed by atoms with E-state index < -0.39 is 0 Å². The number of thiophene rings is 1. The third-order valence-electron chi connectivity index (χ3n) is 3.05. The number of nitriles is 1. The van der Waals surface area contributed by atoms with Crippen LogP contribution in [0.4, 0.5) is 0 Å². The van der Waals surface area contributed by atoms with Gasteiger partial charge in [-0.15, -0.1) is 11.3 Å². The summed E-state index contributed by atoms with van der Waals surface area (Å²) in [5.41, 5.74) is 0. The first kappa shape index (κ1) is 12.0. The largest absolute Gasteiger partial charge is 0.309 e. The average Bonchev–Trinajstić information content (AvgIpc) is 2.95. The highest BCUT2D eigenvalue weighted by Crippen LogP contribution is 2.28.